The highest BCUT2D eigenvalue weighted by atomic mass is 16.5. The zero-order valence-corrected chi connectivity index (χ0v) is 8.30. The van der Waals surface area contributed by atoms with Crippen LogP contribution in [0.3, 0.4) is 0 Å². The number of ether oxygens (including phenoxy) is 1. The largest absolute Gasteiger partial charge is 0.463 e. The van der Waals surface area contributed by atoms with Crippen molar-refractivity contribution in [3.63, 3.8) is 0 Å². The summed E-state index contributed by atoms with van der Waals surface area (Å²) in [5.41, 5.74) is 0. The van der Waals surface area contributed by atoms with Gasteiger partial charge in [-0.05, 0) is 19.4 Å². The molecule has 0 rings (SSSR count). The highest BCUT2D eigenvalue weighted by molar-refractivity contribution is 5.82. The summed E-state index contributed by atoms with van der Waals surface area (Å²) in [5.74, 6) is 5.39. The zero-order valence-electron chi connectivity index (χ0n) is 8.30. The maximum atomic E-state index is 10.8. The van der Waals surface area contributed by atoms with Crippen molar-refractivity contribution in [2.75, 3.05) is 6.61 Å². The van der Waals surface area contributed by atoms with Gasteiger partial charge in [-0.25, -0.2) is 4.79 Å². The Morgan fingerprint density at radius 1 is 1.46 bits per heavy atom. The second-order valence-corrected chi connectivity index (χ2v) is 2.51. The molecule has 13 heavy (non-hydrogen) atoms. The third-order valence-corrected chi connectivity index (χ3v) is 1.35. The number of unbranched alkanes of at least 4 members (excludes halogenated alkanes) is 2. The monoisotopic (exact) mass is 180 g/mol. The lowest BCUT2D eigenvalue weighted by Crippen LogP contribution is -1.98. The number of carbonyl (C=O) groups is 1. The molecule has 0 fully saturated rings. The van der Waals surface area contributed by atoms with Gasteiger partial charge < -0.3 is 4.74 Å². The highest BCUT2D eigenvalue weighted by Crippen LogP contribution is 1.90. The van der Waals surface area contributed by atoms with Crippen LogP contribution < -0.4 is 0 Å². The molecule has 2 heteroatoms. The van der Waals surface area contributed by atoms with Crippen LogP contribution >= 0.6 is 0 Å². The molecule has 0 radical (unpaired) electrons. The minimum Gasteiger partial charge on any atom is -0.463 e. The first-order valence-corrected chi connectivity index (χ1v) is 4.63. The lowest BCUT2D eigenvalue weighted by molar-refractivity contribution is -0.137. The minimum atomic E-state index is -0.327. The van der Waals surface area contributed by atoms with E-state index < -0.39 is 0 Å². The molecule has 0 saturated heterocycles. The zero-order chi connectivity index (χ0) is 9.94. The summed E-state index contributed by atoms with van der Waals surface area (Å²) in [4.78, 5) is 10.8. The van der Waals surface area contributed by atoms with Crippen molar-refractivity contribution in [2.24, 2.45) is 0 Å². The van der Waals surface area contributed by atoms with E-state index in [0.29, 0.717) is 6.61 Å². The fourth-order valence-electron chi connectivity index (χ4n) is 0.696. The van der Waals surface area contributed by atoms with E-state index in [-0.39, 0.29) is 5.97 Å². The van der Waals surface area contributed by atoms with Crippen LogP contribution in [0.5, 0.6) is 0 Å². The van der Waals surface area contributed by atoms with Crippen molar-refractivity contribution in [1.29, 1.82) is 0 Å². The smallest absolute Gasteiger partial charge is 0.331 e. The number of carbonyl (C=O) groups excluding carboxylic acids is 1. The minimum absolute atomic E-state index is 0.327. The van der Waals surface area contributed by atoms with Gasteiger partial charge in [0.05, 0.1) is 6.61 Å². The lowest BCUT2D eigenvalue weighted by Gasteiger charge is -1.91. The predicted octanol–water partition coefficient (Wildman–Crippen LogP) is 2.30. The molecular formula is C11H16O2. The van der Waals surface area contributed by atoms with Crippen LogP contribution in [-0.2, 0) is 9.53 Å². The molecule has 0 aromatic carbocycles. The van der Waals surface area contributed by atoms with Crippen LogP contribution in [0.15, 0.2) is 12.2 Å². The molecule has 0 aromatic rings. The Kier molecular flexibility index (Phi) is 8.02. The van der Waals surface area contributed by atoms with Gasteiger partial charge in [-0.2, -0.15) is 0 Å². The summed E-state index contributed by atoms with van der Waals surface area (Å²) in [6.45, 7) is 4.31. The molecule has 0 heterocycles. The summed E-state index contributed by atoms with van der Waals surface area (Å²) >= 11 is 0. The van der Waals surface area contributed by atoms with Gasteiger partial charge in [0, 0.05) is 12.5 Å². The van der Waals surface area contributed by atoms with Crippen LogP contribution in [0.2, 0.25) is 0 Å². The van der Waals surface area contributed by atoms with E-state index in [1.165, 1.54) is 12.2 Å². The van der Waals surface area contributed by atoms with E-state index in [1.807, 2.05) is 0 Å². The molecule has 0 aliphatic carbocycles. The molecule has 0 aliphatic heterocycles. The van der Waals surface area contributed by atoms with Crippen molar-refractivity contribution in [3.05, 3.63) is 12.2 Å². The number of hydrogen-bond donors (Lipinski definition) is 0. The van der Waals surface area contributed by atoms with E-state index in [4.69, 9.17) is 0 Å². The topological polar surface area (TPSA) is 26.3 Å². The number of hydrogen-bond acceptors (Lipinski definition) is 2. The van der Waals surface area contributed by atoms with Crippen LogP contribution in [-0.4, -0.2) is 12.6 Å². The molecule has 0 unspecified atom stereocenters. The first kappa shape index (κ1) is 11.8. The Hall–Kier alpha value is -1.23. The standard InChI is InChI=1S/C11H16O2/c1-3-5-6-7-8-9-10-11(12)13-4-2/h9-10H,3-6H2,1-2H3/b10-9-. The summed E-state index contributed by atoms with van der Waals surface area (Å²) in [6, 6.07) is 0. The molecule has 0 bridgehead atoms. The van der Waals surface area contributed by atoms with Gasteiger partial charge in [-0.1, -0.05) is 25.2 Å². The maximum Gasteiger partial charge on any atom is 0.331 e. The second kappa shape index (κ2) is 8.86. The van der Waals surface area contributed by atoms with Crippen molar-refractivity contribution in [1.82, 2.24) is 0 Å². The van der Waals surface area contributed by atoms with Gasteiger partial charge in [0.1, 0.15) is 0 Å². The van der Waals surface area contributed by atoms with E-state index >= 15 is 0 Å². The normalized spacial score (nSPS) is 9.38. The summed E-state index contributed by atoms with van der Waals surface area (Å²) < 4.78 is 4.68. The SMILES string of the molecule is CCCCC#C/C=C\C(=O)OCC. The van der Waals surface area contributed by atoms with E-state index in [1.54, 1.807) is 6.92 Å². The van der Waals surface area contributed by atoms with Crippen molar-refractivity contribution < 1.29 is 9.53 Å². The van der Waals surface area contributed by atoms with E-state index in [9.17, 15) is 4.79 Å². The van der Waals surface area contributed by atoms with Crippen LogP contribution in [0.1, 0.15) is 33.1 Å². The van der Waals surface area contributed by atoms with Crippen LogP contribution in [0.4, 0.5) is 0 Å². The fraction of sp³-hybridized carbons (Fsp3) is 0.545. The fourth-order valence-corrected chi connectivity index (χ4v) is 0.696. The molecule has 0 spiro atoms. The van der Waals surface area contributed by atoms with Crippen molar-refractivity contribution in [3.8, 4) is 11.8 Å². The van der Waals surface area contributed by atoms with Crippen molar-refractivity contribution in [2.45, 2.75) is 33.1 Å². The molecule has 0 aromatic heterocycles. The van der Waals surface area contributed by atoms with E-state index in [2.05, 4.69) is 23.5 Å². The quantitative estimate of drug-likeness (QED) is 0.287. The number of esters is 1. The highest BCUT2D eigenvalue weighted by Gasteiger charge is 1.89. The first-order chi connectivity index (χ1) is 6.31. The third-order valence-electron chi connectivity index (χ3n) is 1.35. The lowest BCUT2D eigenvalue weighted by atomic mass is 10.2. The van der Waals surface area contributed by atoms with E-state index in [0.717, 1.165) is 19.3 Å². The van der Waals surface area contributed by atoms with Gasteiger partial charge in [0.25, 0.3) is 0 Å². The Morgan fingerprint density at radius 3 is 2.85 bits per heavy atom. The predicted molar refractivity (Wildman–Crippen MR) is 53.1 cm³/mol. The second-order valence-electron chi connectivity index (χ2n) is 2.51. The Bertz CT molecular complexity index is 218. The molecule has 0 aliphatic rings. The Morgan fingerprint density at radius 2 is 2.23 bits per heavy atom. The molecule has 0 amide bonds. The molecule has 2 nitrogen and oxygen atoms in total. The summed E-state index contributed by atoms with van der Waals surface area (Å²) in [5, 5.41) is 0. The van der Waals surface area contributed by atoms with Gasteiger partial charge >= 0.3 is 5.97 Å². The molecule has 0 saturated carbocycles. The number of rotatable bonds is 4. The average Bonchev–Trinajstić information content (AvgIpc) is 2.11. The summed E-state index contributed by atoms with van der Waals surface area (Å²) in [7, 11) is 0. The average molecular weight is 180 g/mol. The van der Waals surface area contributed by atoms with Crippen molar-refractivity contribution >= 4 is 5.97 Å². The van der Waals surface area contributed by atoms with Crippen LogP contribution in [0, 0.1) is 11.8 Å². The maximum absolute atomic E-state index is 10.8. The molecule has 0 atom stereocenters. The Balaban J connectivity index is 3.58. The third kappa shape index (κ3) is 8.68. The Labute approximate surface area is 80.0 Å². The van der Waals surface area contributed by atoms with Gasteiger partial charge in [0.2, 0.25) is 0 Å². The number of allylic oxidation sites excluding steroid dienone is 1. The molecule has 0 N–H and O–H groups in total. The first-order valence-electron chi connectivity index (χ1n) is 4.63. The molecule has 72 valence electrons. The van der Waals surface area contributed by atoms with Gasteiger partial charge in [-0.15, -0.1) is 0 Å². The van der Waals surface area contributed by atoms with Crippen LogP contribution in [0.25, 0.3) is 0 Å². The van der Waals surface area contributed by atoms with Gasteiger partial charge in [0.15, 0.2) is 0 Å². The summed E-state index contributed by atoms with van der Waals surface area (Å²) in [6.07, 6.45) is 6.04. The molecular weight excluding hydrogens is 164 g/mol. The van der Waals surface area contributed by atoms with Gasteiger partial charge in [-0.3, -0.25) is 0 Å².